The van der Waals surface area contributed by atoms with Gasteiger partial charge >= 0.3 is 0 Å². The number of nitrogens with two attached hydrogens (primary N) is 1. The summed E-state index contributed by atoms with van der Waals surface area (Å²) in [5.74, 6) is -1.26. The molecule has 0 heterocycles. The third kappa shape index (κ3) is 1.08. The fourth-order valence-corrected chi connectivity index (χ4v) is 0.688. The number of rotatable bonds is 0. The number of hydrogen-bond donors (Lipinski definition) is 2. The van der Waals surface area contributed by atoms with E-state index in [0.29, 0.717) is 0 Å². The Morgan fingerprint density at radius 1 is 1.55 bits per heavy atom. The predicted molar refractivity (Wildman–Crippen MR) is 37.2 cm³/mol. The molecule has 56 valence electrons. The number of nitrogens with zero attached hydrogens (tertiary/aromatic N) is 1. The van der Waals surface area contributed by atoms with Crippen LogP contribution in [0.2, 0.25) is 0 Å². The average molecular weight is 152 g/mol. The summed E-state index contributed by atoms with van der Waals surface area (Å²) < 4.78 is 12.8. The van der Waals surface area contributed by atoms with Gasteiger partial charge in [-0.2, -0.15) is 5.26 Å². The zero-order valence-corrected chi connectivity index (χ0v) is 5.50. The van der Waals surface area contributed by atoms with Gasteiger partial charge in [-0.3, -0.25) is 0 Å². The molecule has 4 heteroatoms. The highest BCUT2D eigenvalue weighted by Crippen LogP contribution is 2.23. The number of aromatic hydroxyl groups is 1. The lowest BCUT2D eigenvalue weighted by Gasteiger charge is -1.99. The summed E-state index contributed by atoms with van der Waals surface area (Å²) in [5.41, 5.74) is 4.58. The summed E-state index contributed by atoms with van der Waals surface area (Å²) in [5, 5.41) is 17.2. The van der Waals surface area contributed by atoms with E-state index in [1.165, 1.54) is 18.2 Å². The molecule has 0 aliphatic heterocycles. The Labute approximate surface area is 62.5 Å². The van der Waals surface area contributed by atoms with Gasteiger partial charge in [-0.15, -0.1) is 0 Å². The molecule has 0 bridgehead atoms. The quantitative estimate of drug-likeness (QED) is 0.430. The van der Waals surface area contributed by atoms with Crippen LogP contribution in [0.3, 0.4) is 0 Å². The Bertz CT molecular complexity index is 330. The SMILES string of the molecule is N#Cc1c(O)ccc(N)c1F. The van der Waals surface area contributed by atoms with Crippen LogP contribution in [0.25, 0.3) is 0 Å². The molecule has 3 N–H and O–H groups in total. The molecule has 0 unspecified atom stereocenters. The standard InChI is InChI=1S/C7H5FN2O/c8-7-4(3-9)6(11)2-1-5(7)10/h1-2,11H,10H2. The van der Waals surface area contributed by atoms with Crippen molar-refractivity contribution in [3.63, 3.8) is 0 Å². The summed E-state index contributed by atoms with van der Waals surface area (Å²) in [6, 6.07) is 3.88. The highest BCUT2D eigenvalue weighted by molar-refractivity contribution is 5.54. The van der Waals surface area contributed by atoms with Gasteiger partial charge in [-0.1, -0.05) is 0 Å². The van der Waals surface area contributed by atoms with Gasteiger partial charge in [-0.25, -0.2) is 4.39 Å². The second kappa shape index (κ2) is 2.46. The molecule has 0 aliphatic rings. The van der Waals surface area contributed by atoms with Gasteiger partial charge in [0.2, 0.25) is 0 Å². The van der Waals surface area contributed by atoms with Gasteiger partial charge in [0.1, 0.15) is 17.4 Å². The first-order valence-corrected chi connectivity index (χ1v) is 2.84. The molecule has 1 aromatic rings. The van der Waals surface area contributed by atoms with Gasteiger partial charge in [0.05, 0.1) is 5.69 Å². The lowest BCUT2D eigenvalue weighted by molar-refractivity contribution is 0.467. The first kappa shape index (κ1) is 7.35. The van der Waals surface area contributed by atoms with Crippen LogP contribution in [0.5, 0.6) is 5.75 Å². The van der Waals surface area contributed by atoms with Crippen molar-refractivity contribution < 1.29 is 9.50 Å². The van der Waals surface area contributed by atoms with E-state index in [9.17, 15) is 4.39 Å². The van der Waals surface area contributed by atoms with E-state index in [1.54, 1.807) is 0 Å². The van der Waals surface area contributed by atoms with Crippen molar-refractivity contribution in [1.29, 1.82) is 5.26 Å². The Morgan fingerprint density at radius 3 is 2.64 bits per heavy atom. The summed E-state index contributed by atoms with van der Waals surface area (Å²) >= 11 is 0. The normalized spacial score (nSPS) is 9.09. The van der Waals surface area contributed by atoms with Crippen LogP contribution in [0.1, 0.15) is 5.56 Å². The van der Waals surface area contributed by atoms with Crippen molar-refractivity contribution in [2.45, 2.75) is 0 Å². The molecule has 1 rings (SSSR count). The molecule has 0 saturated carbocycles. The minimum absolute atomic E-state index is 0.139. The molecule has 0 saturated heterocycles. The molecular weight excluding hydrogens is 147 g/mol. The second-order valence-electron chi connectivity index (χ2n) is 1.97. The topological polar surface area (TPSA) is 70.0 Å². The van der Waals surface area contributed by atoms with E-state index in [1.807, 2.05) is 0 Å². The van der Waals surface area contributed by atoms with Crippen LogP contribution in [-0.4, -0.2) is 5.11 Å². The molecule has 0 spiro atoms. The largest absolute Gasteiger partial charge is 0.506 e. The van der Waals surface area contributed by atoms with E-state index in [-0.39, 0.29) is 11.4 Å². The number of nitrogen functional groups attached to an aromatic ring is 1. The van der Waals surface area contributed by atoms with Crippen LogP contribution >= 0.6 is 0 Å². The maximum Gasteiger partial charge on any atom is 0.167 e. The van der Waals surface area contributed by atoms with Crippen molar-refractivity contribution in [3.8, 4) is 11.8 Å². The Kier molecular flexibility index (Phi) is 1.65. The molecule has 0 fully saturated rings. The van der Waals surface area contributed by atoms with Crippen molar-refractivity contribution in [2.75, 3.05) is 5.73 Å². The van der Waals surface area contributed by atoms with E-state index >= 15 is 0 Å². The highest BCUT2D eigenvalue weighted by Gasteiger charge is 2.09. The van der Waals surface area contributed by atoms with Crippen LogP contribution in [0.4, 0.5) is 10.1 Å². The second-order valence-corrected chi connectivity index (χ2v) is 1.97. The Balaban J connectivity index is 3.44. The van der Waals surface area contributed by atoms with Crippen molar-refractivity contribution in [2.24, 2.45) is 0 Å². The monoisotopic (exact) mass is 152 g/mol. The maximum absolute atomic E-state index is 12.8. The summed E-state index contributed by atoms with van der Waals surface area (Å²) in [6.07, 6.45) is 0. The maximum atomic E-state index is 12.8. The lowest BCUT2D eigenvalue weighted by atomic mass is 10.2. The Hall–Kier alpha value is -1.76. The fraction of sp³-hybridized carbons (Fsp3) is 0. The number of phenolic OH excluding ortho intramolecular Hbond substituents is 1. The molecular formula is C7H5FN2O. The van der Waals surface area contributed by atoms with Crippen molar-refractivity contribution in [1.82, 2.24) is 0 Å². The van der Waals surface area contributed by atoms with Crippen molar-refractivity contribution >= 4 is 5.69 Å². The first-order chi connectivity index (χ1) is 5.16. The van der Waals surface area contributed by atoms with Crippen LogP contribution in [0.15, 0.2) is 12.1 Å². The van der Waals surface area contributed by atoms with Gasteiger partial charge in [0, 0.05) is 0 Å². The van der Waals surface area contributed by atoms with Gasteiger partial charge in [0.15, 0.2) is 5.82 Å². The number of nitriles is 1. The first-order valence-electron chi connectivity index (χ1n) is 2.84. The van der Waals surface area contributed by atoms with E-state index in [0.717, 1.165) is 0 Å². The van der Waals surface area contributed by atoms with E-state index in [2.05, 4.69) is 0 Å². The Morgan fingerprint density at radius 2 is 2.18 bits per heavy atom. The third-order valence-electron chi connectivity index (χ3n) is 1.26. The molecule has 1 aromatic carbocycles. The molecule has 3 nitrogen and oxygen atoms in total. The molecule has 0 radical (unpaired) electrons. The lowest BCUT2D eigenvalue weighted by Crippen LogP contribution is -1.93. The van der Waals surface area contributed by atoms with Gasteiger partial charge in [0.25, 0.3) is 0 Å². The average Bonchev–Trinajstić information content (AvgIpc) is 1.99. The summed E-state index contributed by atoms with van der Waals surface area (Å²) in [6.45, 7) is 0. The zero-order chi connectivity index (χ0) is 8.43. The zero-order valence-electron chi connectivity index (χ0n) is 5.50. The third-order valence-corrected chi connectivity index (χ3v) is 1.26. The minimum Gasteiger partial charge on any atom is -0.506 e. The predicted octanol–water partition coefficient (Wildman–Crippen LogP) is 0.985. The number of halogens is 1. The summed E-state index contributed by atoms with van der Waals surface area (Å²) in [4.78, 5) is 0. The number of benzene rings is 1. The molecule has 11 heavy (non-hydrogen) atoms. The van der Waals surface area contributed by atoms with Gasteiger partial charge in [-0.05, 0) is 12.1 Å². The smallest absolute Gasteiger partial charge is 0.167 e. The molecule has 0 amide bonds. The van der Waals surface area contributed by atoms with E-state index in [4.69, 9.17) is 16.1 Å². The van der Waals surface area contributed by atoms with Crippen LogP contribution < -0.4 is 5.73 Å². The molecule has 0 aromatic heterocycles. The summed E-state index contributed by atoms with van der Waals surface area (Å²) in [7, 11) is 0. The van der Waals surface area contributed by atoms with Crippen LogP contribution in [0, 0.1) is 17.1 Å². The fourth-order valence-electron chi connectivity index (χ4n) is 0.688. The highest BCUT2D eigenvalue weighted by atomic mass is 19.1. The molecule has 0 atom stereocenters. The number of hydrogen-bond acceptors (Lipinski definition) is 3. The minimum atomic E-state index is -0.868. The number of phenols is 1. The van der Waals surface area contributed by atoms with E-state index < -0.39 is 11.4 Å². The number of anilines is 1. The molecule has 0 aliphatic carbocycles. The van der Waals surface area contributed by atoms with Gasteiger partial charge < -0.3 is 10.8 Å². The van der Waals surface area contributed by atoms with Crippen LogP contribution in [-0.2, 0) is 0 Å². The van der Waals surface area contributed by atoms with Crippen molar-refractivity contribution in [3.05, 3.63) is 23.5 Å².